The van der Waals surface area contributed by atoms with E-state index in [0.29, 0.717) is 30.6 Å². The lowest BCUT2D eigenvalue weighted by atomic mass is 10.1. The van der Waals surface area contributed by atoms with E-state index in [4.69, 9.17) is 20.2 Å². The monoisotopic (exact) mass is 592 g/mol. The van der Waals surface area contributed by atoms with Crippen molar-refractivity contribution in [3.63, 3.8) is 0 Å². The normalized spacial score (nSPS) is 12.0. The van der Waals surface area contributed by atoms with Crippen LogP contribution in [0.1, 0.15) is 11.5 Å². The summed E-state index contributed by atoms with van der Waals surface area (Å²) in [5, 5.41) is 10.0. The van der Waals surface area contributed by atoms with Crippen LogP contribution < -0.4 is 4.18 Å². The first-order chi connectivity index (χ1) is 15.3. The van der Waals surface area contributed by atoms with Crippen molar-refractivity contribution in [2.24, 2.45) is 0 Å². The summed E-state index contributed by atoms with van der Waals surface area (Å²) in [5.74, 6) is 0.254. The van der Waals surface area contributed by atoms with E-state index in [0.717, 1.165) is 0 Å². The van der Waals surface area contributed by atoms with Crippen LogP contribution in [0.25, 0.3) is 22.7 Å². The van der Waals surface area contributed by atoms with E-state index >= 15 is 0 Å². The lowest BCUT2D eigenvalue weighted by molar-refractivity contribution is 0.483. The van der Waals surface area contributed by atoms with Gasteiger partial charge in [-0.1, -0.05) is 23.7 Å². The molecule has 0 fully saturated rings. The van der Waals surface area contributed by atoms with E-state index in [1.165, 1.54) is 24.3 Å². The van der Waals surface area contributed by atoms with Crippen LogP contribution in [0.15, 0.2) is 78.9 Å². The molecule has 160 valence electrons. The van der Waals surface area contributed by atoms with Gasteiger partial charge in [0.2, 0.25) is 5.89 Å². The van der Waals surface area contributed by atoms with Crippen LogP contribution in [-0.2, 0) is 10.1 Å². The summed E-state index contributed by atoms with van der Waals surface area (Å²) < 4.78 is 36.9. The Hall–Kier alpha value is -2.64. The van der Waals surface area contributed by atoms with Gasteiger partial charge in [-0.25, -0.2) is 4.98 Å². The molecule has 0 atom stereocenters. The first-order valence-electron chi connectivity index (χ1n) is 8.94. The highest BCUT2D eigenvalue weighted by molar-refractivity contribution is 9.11. The number of allylic oxidation sites excluding steroid dienone is 1. The van der Waals surface area contributed by atoms with E-state index in [1.54, 1.807) is 30.3 Å². The molecule has 0 aliphatic rings. The van der Waals surface area contributed by atoms with E-state index < -0.39 is 10.1 Å². The van der Waals surface area contributed by atoms with Gasteiger partial charge in [0.25, 0.3) is 0 Å². The molecule has 10 heteroatoms. The molecule has 32 heavy (non-hydrogen) atoms. The molecule has 0 unspecified atom stereocenters. The Labute approximate surface area is 205 Å². The minimum absolute atomic E-state index is 0.0348. The molecule has 0 aliphatic heterocycles. The number of para-hydroxylation sites is 2. The molecule has 3 aromatic carbocycles. The van der Waals surface area contributed by atoms with Crippen LogP contribution in [0.4, 0.5) is 0 Å². The van der Waals surface area contributed by atoms with E-state index in [2.05, 4.69) is 42.9 Å². The van der Waals surface area contributed by atoms with Gasteiger partial charge in [-0.3, -0.25) is 0 Å². The second-order valence-corrected chi connectivity index (χ2v) is 10.2. The molecule has 4 aromatic rings. The molecule has 1 aromatic heterocycles. The summed E-state index contributed by atoms with van der Waals surface area (Å²) in [5.41, 5.74) is 2.02. The second-order valence-electron chi connectivity index (χ2n) is 6.46. The lowest BCUT2D eigenvalue weighted by Gasteiger charge is -2.11. The summed E-state index contributed by atoms with van der Waals surface area (Å²) >= 11 is 12.5. The zero-order chi connectivity index (χ0) is 22.9. The maximum Gasteiger partial charge on any atom is 0.339 e. The fraction of sp³-hybridized carbons (Fsp3) is 0. The third-order valence-corrected chi connectivity index (χ3v) is 6.94. The van der Waals surface area contributed by atoms with Gasteiger partial charge in [-0.05, 0) is 92.0 Å². The van der Waals surface area contributed by atoms with E-state index in [-0.39, 0.29) is 22.1 Å². The van der Waals surface area contributed by atoms with Gasteiger partial charge in [0.05, 0.1) is 8.95 Å². The molecule has 1 heterocycles. The summed E-state index contributed by atoms with van der Waals surface area (Å²) in [6.45, 7) is 0. The van der Waals surface area contributed by atoms with Crippen molar-refractivity contribution >= 4 is 76.3 Å². The van der Waals surface area contributed by atoms with Gasteiger partial charge in [-0.2, -0.15) is 13.7 Å². The van der Waals surface area contributed by atoms with Crippen molar-refractivity contribution in [2.75, 3.05) is 0 Å². The topological polar surface area (TPSA) is 93.2 Å². The third-order valence-electron chi connectivity index (χ3n) is 4.27. The SMILES string of the molecule is N#C/C(=C\c1cc(Br)c(OS(=O)(=O)c2ccc(Cl)cc2)c(Br)c1)c1nc2ccccc2o1. The highest BCUT2D eigenvalue weighted by atomic mass is 79.9. The first-order valence-corrected chi connectivity index (χ1v) is 12.3. The summed E-state index contributed by atoms with van der Waals surface area (Å²) in [6.07, 6.45) is 1.58. The fourth-order valence-corrected chi connectivity index (χ4v) is 5.49. The average molecular weight is 595 g/mol. The Balaban J connectivity index is 1.67. The van der Waals surface area contributed by atoms with Crippen LogP contribution in [-0.4, -0.2) is 13.4 Å². The predicted octanol–water partition coefficient (Wildman–Crippen LogP) is 6.84. The molecule has 0 N–H and O–H groups in total. The number of rotatable bonds is 5. The number of fused-ring (bicyclic) bond motifs is 1. The van der Waals surface area contributed by atoms with Crippen molar-refractivity contribution in [3.05, 3.63) is 86.1 Å². The molecule has 0 aliphatic carbocycles. The maximum absolute atomic E-state index is 12.6. The van der Waals surface area contributed by atoms with Crippen LogP contribution in [0.5, 0.6) is 5.75 Å². The number of oxazole rings is 1. The van der Waals surface area contributed by atoms with Crippen LogP contribution in [0.3, 0.4) is 0 Å². The molecule has 0 spiro atoms. The summed E-state index contributed by atoms with van der Waals surface area (Å²) in [7, 11) is -4.08. The van der Waals surface area contributed by atoms with Crippen LogP contribution >= 0.6 is 43.5 Å². The van der Waals surface area contributed by atoms with E-state index in [9.17, 15) is 13.7 Å². The van der Waals surface area contributed by atoms with Gasteiger partial charge in [-0.15, -0.1) is 0 Å². The molecule has 6 nitrogen and oxygen atoms in total. The predicted molar refractivity (Wildman–Crippen MR) is 129 cm³/mol. The Morgan fingerprint density at radius 2 is 1.75 bits per heavy atom. The Morgan fingerprint density at radius 3 is 2.38 bits per heavy atom. The van der Waals surface area contributed by atoms with Gasteiger partial charge in [0.15, 0.2) is 11.3 Å². The largest absolute Gasteiger partial charge is 0.435 e. The first kappa shape index (κ1) is 22.6. The van der Waals surface area contributed by atoms with Gasteiger partial charge in [0, 0.05) is 5.02 Å². The van der Waals surface area contributed by atoms with Crippen molar-refractivity contribution in [3.8, 4) is 11.8 Å². The molecule has 0 amide bonds. The van der Waals surface area contributed by atoms with Gasteiger partial charge in [0.1, 0.15) is 22.1 Å². The highest BCUT2D eigenvalue weighted by Crippen LogP contribution is 2.37. The van der Waals surface area contributed by atoms with Crippen molar-refractivity contribution in [1.29, 1.82) is 5.26 Å². The lowest BCUT2D eigenvalue weighted by Crippen LogP contribution is -2.10. The highest BCUT2D eigenvalue weighted by Gasteiger charge is 2.21. The maximum atomic E-state index is 12.6. The number of benzene rings is 3. The molecular formula is C22H11Br2ClN2O4S. The molecule has 0 saturated heterocycles. The van der Waals surface area contributed by atoms with E-state index in [1.807, 2.05) is 12.1 Å². The Kier molecular flexibility index (Phi) is 6.40. The quantitative estimate of drug-likeness (QED) is 0.186. The zero-order valence-electron chi connectivity index (χ0n) is 15.9. The minimum Gasteiger partial charge on any atom is -0.435 e. The number of hydrogen-bond donors (Lipinski definition) is 0. The van der Waals surface area contributed by atoms with Gasteiger partial charge >= 0.3 is 10.1 Å². The zero-order valence-corrected chi connectivity index (χ0v) is 20.7. The molecule has 0 saturated carbocycles. The van der Waals surface area contributed by atoms with Crippen molar-refractivity contribution < 1.29 is 17.0 Å². The molecule has 0 bridgehead atoms. The van der Waals surface area contributed by atoms with Crippen molar-refractivity contribution in [2.45, 2.75) is 4.90 Å². The molecular weight excluding hydrogens is 584 g/mol. The average Bonchev–Trinajstić information content (AvgIpc) is 3.19. The number of nitriles is 1. The number of hydrogen-bond acceptors (Lipinski definition) is 6. The Bertz CT molecular complexity index is 1450. The number of aromatic nitrogens is 1. The van der Waals surface area contributed by atoms with Gasteiger partial charge < -0.3 is 8.60 Å². The number of nitrogens with zero attached hydrogens (tertiary/aromatic N) is 2. The smallest absolute Gasteiger partial charge is 0.339 e. The third kappa shape index (κ3) is 4.74. The summed E-state index contributed by atoms with van der Waals surface area (Å²) in [6, 6.07) is 18.2. The molecule has 0 radical (unpaired) electrons. The van der Waals surface area contributed by atoms with Crippen LogP contribution in [0, 0.1) is 11.3 Å². The fourth-order valence-electron chi connectivity index (χ4n) is 2.80. The standard InChI is InChI=1S/C22H11Br2ClN2O4S/c23-17-10-13(9-14(12-26)22-27-19-3-1-2-4-20(19)30-22)11-18(24)21(17)31-32(28,29)16-7-5-15(25)6-8-16/h1-11H/b14-9+. The number of halogens is 3. The van der Waals surface area contributed by atoms with Crippen LogP contribution in [0.2, 0.25) is 5.02 Å². The minimum atomic E-state index is -4.08. The Morgan fingerprint density at radius 1 is 1.09 bits per heavy atom. The second kappa shape index (κ2) is 9.08. The molecule has 4 rings (SSSR count). The summed E-state index contributed by atoms with van der Waals surface area (Å²) in [4.78, 5) is 4.30. The van der Waals surface area contributed by atoms with Crippen molar-refractivity contribution in [1.82, 2.24) is 4.98 Å².